The van der Waals surface area contributed by atoms with Crippen LogP contribution in [-0.2, 0) is 19.1 Å². The molecule has 2 atom stereocenters. The summed E-state index contributed by atoms with van der Waals surface area (Å²) in [5.74, 6) is -2.16. The molecular formula is C14H22O4. The molecule has 18 heavy (non-hydrogen) atoms. The molecule has 102 valence electrons. The Balaban J connectivity index is 2.77. The number of Topliss-reactive ketones (excluding diaryl/α,β-unsaturated/α-hetero) is 2. The van der Waals surface area contributed by atoms with Crippen molar-refractivity contribution in [2.24, 2.45) is 17.3 Å². The molecule has 1 fully saturated rings. The van der Waals surface area contributed by atoms with Crippen LogP contribution < -0.4 is 0 Å². The fourth-order valence-corrected chi connectivity index (χ4v) is 2.41. The highest BCUT2D eigenvalue weighted by molar-refractivity contribution is 6.38. The van der Waals surface area contributed by atoms with Crippen LogP contribution in [0.1, 0.15) is 47.0 Å². The van der Waals surface area contributed by atoms with Crippen LogP contribution in [0.3, 0.4) is 0 Å². The molecule has 0 amide bonds. The van der Waals surface area contributed by atoms with E-state index >= 15 is 0 Å². The Hall–Kier alpha value is -1.19. The predicted octanol–water partition coefficient (Wildman–Crippen LogP) is 2.15. The molecule has 1 saturated carbocycles. The molecule has 0 unspecified atom stereocenters. The number of hydrogen-bond acceptors (Lipinski definition) is 4. The quantitative estimate of drug-likeness (QED) is 0.440. The second-order valence-corrected chi connectivity index (χ2v) is 5.94. The van der Waals surface area contributed by atoms with Crippen LogP contribution in [-0.4, -0.2) is 24.1 Å². The summed E-state index contributed by atoms with van der Waals surface area (Å²) in [5, 5.41) is 0. The first-order chi connectivity index (χ1) is 8.27. The Morgan fingerprint density at radius 3 is 2.44 bits per heavy atom. The van der Waals surface area contributed by atoms with Gasteiger partial charge in [0.15, 0.2) is 0 Å². The van der Waals surface area contributed by atoms with Crippen LogP contribution in [0.15, 0.2) is 0 Å². The first kappa shape index (κ1) is 14.9. The number of rotatable bonds is 3. The molecule has 0 heterocycles. The van der Waals surface area contributed by atoms with E-state index in [1.54, 1.807) is 6.92 Å². The highest BCUT2D eigenvalue weighted by Gasteiger charge is 2.40. The summed E-state index contributed by atoms with van der Waals surface area (Å²) < 4.78 is 4.69. The molecule has 0 saturated heterocycles. The van der Waals surface area contributed by atoms with Crippen molar-refractivity contribution in [3.63, 3.8) is 0 Å². The van der Waals surface area contributed by atoms with Gasteiger partial charge >= 0.3 is 5.97 Å². The van der Waals surface area contributed by atoms with Gasteiger partial charge in [-0.1, -0.05) is 20.8 Å². The second kappa shape index (κ2) is 5.63. The molecule has 1 aliphatic rings. The Labute approximate surface area is 108 Å². The Morgan fingerprint density at radius 2 is 1.94 bits per heavy atom. The average molecular weight is 254 g/mol. The highest BCUT2D eigenvalue weighted by Crippen LogP contribution is 2.39. The fraction of sp³-hybridized carbons (Fsp3) is 0.786. The van der Waals surface area contributed by atoms with Crippen LogP contribution in [0.25, 0.3) is 0 Å². The van der Waals surface area contributed by atoms with Crippen molar-refractivity contribution in [2.75, 3.05) is 6.61 Å². The lowest BCUT2D eigenvalue weighted by molar-refractivity contribution is -0.158. The molecular weight excluding hydrogens is 232 g/mol. The van der Waals surface area contributed by atoms with Crippen LogP contribution in [0.5, 0.6) is 0 Å². The van der Waals surface area contributed by atoms with Gasteiger partial charge in [0.2, 0.25) is 5.78 Å². The molecule has 0 aromatic heterocycles. The summed E-state index contributed by atoms with van der Waals surface area (Å²) in [4.78, 5) is 35.1. The van der Waals surface area contributed by atoms with Gasteiger partial charge in [-0.25, -0.2) is 4.79 Å². The first-order valence-corrected chi connectivity index (χ1v) is 6.51. The summed E-state index contributed by atoms with van der Waals surface area (Å²) in [6.45, 7) is 8.10. The van der Waals surface area contributed by atoms with Gasteiger partial charge in [0, 0.05) is 6.42 Å². The van der Waals surface area contributed by atoms with Gasteiger partial charge in [-0.15, -0.1) is 0 Å². The molecule has 0 aliphatic heterocycles. The number of esters is 1. The second-order valence-electron chi connectivity index (χ2n) is 5.94. The zero-order valence-electron chi connectivity index (χ0n) is 11.6. The summed E-state index contributed by atoms with van der Waals surface area (Å²) in [7, 11) is 0. The summed E-state index contributed by atoms with van der Waals surface area (Å²) in [6.07, 6.45) is 1.66. The Bertz CT molecular complexity index is 351. The van der Waals surface area contributed by atoms with Crippen LogP contribution in [0.2, 0.25) is 0 Å². The lowest BCUT2D eigenvalue weighted by atomic mass is 9.68. The molecule has 1 rings (SSSR count). The number of hydrogen-bond donors (Lipinski definition) is 0. The van der Waals surface area contributed by atoms with Crippen molar-refractivity contribution in [2.45, 2.75) is 47.0 Å². The fourth-order valence-electron chi connectivity index (χ4n) is 2.41. The minimum absolute atomic E-state index is 0.0495. The van der Waals surface area contributed by atoms with Crippen molar-refractivity contribution in [3.8, 4) is 0 Å². The molecule has 0 aromatic rings. The summed E-state index contributed by atoms with van der Waals surface area (Å²) >= 11 is 0. The van der Waals surface area contributed by atoms with Crippen LogP contribution >= 0.6 is 0 Å². The lowest BCUT2D eigenvalue weighted by Gasteiger charge is -2.36. The summed E-state index contributed by atoms with van der Waals surface area (Å²) in [6, 6.07) is 0. The van der Waals surface area contributed by atoms with Gasteiger partial charge < -0.3 is 4.74 Å². The van der Waals surface area contributed by atoms with Crippen molar-refractivity contribution in [1.29, 1.82) is 0 Å². The monoisotopic (exact) mass is 254 g/mol. The van der Waals surface area contributed by atoms with Gasteiger partial charge in [-0.2, -0.15) is 0 Å². The Kier molecular flexibility index (Phi) is 4.65. The number of carbonyl (C=O) groups is 3. The maximum atomic E-state index is 11.9. The number of ether oxygens (including phenoxy) is 1. The lowest BCUT2D eigenvalue weighted by Crippen LogP contribution is -2.39. The van der Waals surface area contributed by atoms with E-state index in [0.717, 1.165) is 6.42 Å². The van der Waals surface area contributed by atoms with E-state index in [2.05, 4.69) is 25.5 Å². The van der Waals surface area contributed by atoms with E-state index in [4.69, 9.17) is 0 Å². The third kappa shape index (κ3) is 3.40. The zero-order chi connectivity index (χ0) is 13.9. The van der Waals surface area contributed by atoms with Gasteiger partial charge in [-0.3, -0.25) is 9.59 Å². The van der Waals surface area contributed by atoms with E-state index < -0.39 is 17.7 Å². The number of ketones is 2. The van der Waals surface area contributed by atoms with E-state index in [-0.39, 0.29) is 17.8 Å². The minimum Gasteiger partial charge on any atom is -0.460 e. The van der Waals surface area contributed by atoms with Crippen LogP contribution in [0.4, 0.5) is 0 Å². The third-order valence-electron chi connectivity index (χ3n) is 3.67. The standard InChI is InChI=1S/C14H22O4/c1-5-18-13(17)12(16)10-8-9(14(2,3)4)6-7-11(10)15/h9-10H,5-8H2,1-4H3/t9-,10-/m1/s1. The van der Waals surface area contributed by atoms with Gasteiger partial charge in [-0.05, 0) is 31.1 Å². The average Bonchev–Trinajstić information content (AvgIpc) is 2.27. The molecule has 4 nitrogen and oxygen atoms in total. The maximum absolute atomic E-state index is 11.9. The smallest absolute Gasteiger partial charge is 0.375 e. The van der Waals surface area contributed by atoms with Crippen molar-refractivity contribution in [1.82, 2.24) is 0 Å². The molecule has 1 aliphatic carbocycles. The molecule has 0 radical (unpaired) electrons. The normalized spacial score (nSPS) is 24.8. The van der Waals surface area contributed by atoms with Gasteiger partial charge in [0.05, 0.1) is 12.5 Å². The van der Waals surface area contributed by atoms with E-state index in [0.29, 0.717) is 18.8 Å². The van der Waals surface area contributed by atoms with Gasteiger partial charge in [0.1, 0.15) is 5.78 Å². The van der Waals surface area contributed by atoms with Gasteiger partial charge in [0.25, 0.3) is 0 Å². The summed E-state index contributed by atoms with van der Waals surface area (Å²) in [5.41, 5.74) is 0.0495. The maximum Gasteiger partial charge on any atom is 0.375 e. The number of carbonyl (C=O) groups excluding carboxylic acids is 3. The Morgan fingerprint density at radius 1 is 1.33 bits per heavy atom. The largest absolute Gasteiger partial charge is 0.460 e. The van der Waals surface area contributed by atoms with E-state index in [1.807, 2.05) is 0 Å². The molecule has 0 bridgehead atoms. The van der Waals surface area contributed by atoms with Crippen molar-refractivity contribution in [3.05, 3.63) is 0 Å². The molecule has 0 spiro atoms. The van der Waals surface area contributed by atoms with E-state index in [1.165, 1.54) is 0 Å². The van der Waals surface area contributed by atoms with Crippen LogP contribution in [0, 0.1) is 17.3 Å². The SMILES string of the molecule is CCOC(=O)C(=O)[C@@H]1C[C@H](C(C)(C)C)CCC1=O. The molecule has 0 N–H and O–H groups in total. The highest BCUT2D eigenvalue weighted by atomic mass is 16.5. The first-order valence-electron chi connectivity index (χ1n) is 6.51. The van der Waals surface area contributed by atoms with Crippen molar-refractivity contribution >= 4 is 17.5 Å². The third-order valence-corrected chi connectivity index (χ3v) is 3.67. The van der Waals surface area contributed by atoms with Crippen molar-refractivity contribution < 1.29 is 19.1 Å². The molecule has 0 aromatic carbocycles. The van der Waals surface area contributed by atoms with E-state index in [9.17, 15) is 14.4 Å². The zero-order valence-corrected chi connectivity index (χ0v) is 11.6. The minimum atomic E-state index is -0.870. The topological polar surface area (TPSA) is 60.4 Å². The molecule has 4 heteroatoms. The predicted molar refractivity (Wildman–Crippen MR) is 66.9 cm³/mol.